The Morgan fingerprint density at radius 2 is 2.05 bits per heavy atom. The zero-order valence-corrected chi connectivity index (χ0v) is 11.3. The predicted octanol–water partition coefficient (Wildman–Crippen LogP) is 1.53. The molecule has 5 heteroatoms. The molecule has 19 heavy (non-hydrogen) atoms. The number of primary amides is 1. The molecule has 1 aliphatic rings. The van der Waals surface area contributed by atoms with Gasteiger partial charge in [-0.15, -0.1) is 0 Å². The molecule has 104 valence electrons. The van der Waals surface area contributed by atoms with Gasteiger partial charge in [0.2, 0.25) is 11.8 Å². The van der Waals surface area contributed by atoms with Gasteiger partial charge in [0.05, 0.1) is 0 Å². The highest BCUT2D eigenvalue weighted by molar-refractivity contribution is 5.93. The van der Waals surface area contributed by atoms with Gasteiger partial charge in [0.15, 0.2) is 0 Å². The Morgan fingerprint density at radius 1 is 1.32 bits per heavy atom. The van der Waals surface area contributed by atoms with E-state index in [9.17, 15) is 4.79 Å². The number of carbonyl (C=O) groups excluding carboxylic acids is 1. The van der Waals surface area contributed by atoms with E-state index in [1.807, 2.05) is 6.92 Å². The van der Waals surface area contributed by atoms with E-state index in [0.29, 0.717) is 17.1 Å². The number of pyridine rings is 1. The Bertz CT molecular complexity index is 462. The lowest BCUT2D eigenvalue weighted by atomic mass is 10.1. The van der Waals surface area contributed by atoms with E-state index in [4.69, 9.17) is 16.2 Å². The lowest BCUT2D eigenvalue weighted by Gasteiger charge is -2.22. The van der Waals surface area contributed by atoms with Crippen molar-refractivity contribution in [2.45, 2.75) is 51.2 Å². The van der Waals surface area contributed by atoms with Crippen molar-refractivity contribution in [3.63, 3.8) is 0 Å². The van der Waals surface area contributed by atoms with E-state index in [0.717, 1.165) is 25.7 Å². The topological polar surface area (TPSA) is 91.2 Å². The minimum Gasteiger partial charge on any atom is -0.473 e. The Kier molecular flexibility index (Phi) is 4.37. The third kappa shape index (κ3) is 3.67. The second-order valence-corrected chi connectivity index (χ2v) is 5.16. The Morgan fingerprint density at radius 3 is 2.79 bits per heavy atom. The molecule has 1 aliphatic carbocycles. The maximum Gasteiger partial charge on any atom is 0.248 e. The summed E-state index contributed by atoms with van der Waals surface area (Å²) in [5.74, 6) is -0.0309. The van der Waals surface area contributed by atoms with Gasteiger partial charge in [0.25, 0.3) is 0 Å². The highest BCUT2D eigenvalue weighted by Gasteiger charge is 2.22. The van der Waals surface area contributed by atoms with Gasteiger partial charge < -0.3 is 16.2 Å². The van der Waals surface area contributed by atoms with Crippen LogP contribution in [0.25, 0.3) is 0 Å². The fourth-order valence-corrected chi connectivity index (χ4v) is 2.44. The van der Waals surface area contributed by atoms with Gasteiger partial charge in [-0.2, -0.15) is 0 Å². The van der Waals surface area contributed by atoms with Gasteiger partial charge in [0, 0.05) is 23.4 Å². The molecule has 0 aliphatic heterocycles. The number of hydrogen-bond acceptors (Lipinski definition) is 4. The lowest BCUT2D eigenvalue weighted by Crippen LogP contribution is -2.38. The summed E-state index contributed by atoms with van der Waals surface area (Å²) >= 11 is 0. The van der Waals surface area contributed by atoms with Crippen molar-refractivity contribution in [2.24, 2.45) is 11.5 Å². The normalized spacial score (nSPS) is 23.7. The lowest BCUT2D eigenvalue weighted by molar-refractivity contribution is 0.0998. The number of nitrogens with zero attached hydrogens (tertiary/aromatic N) is 1. The van der Waals surface area contributed by atoms with Gasteiger partial charge in [-0.1, -0.05) is 12.8 Å². The first-order valence-corrected chi connectivity index (χ1v) is 6.77. The van der Waals surface area contributed by atoms with Gasteiger partial charge in [-0.25, -0.2) is 4.98 Å². The second kappa shape index (κ2) is 6.02. The van der Waals surface area contributed by atoms with Crippen LogP contribution in [-0.4, -0.2) is 23.0 Å². The SMILES string of the molecule is Cc1cc(C(N)=O)cc(OC2CCCCCC2N)n1. The van der Waals surface area contributed by atoms with Gasteiger partial charge in [-0.3, -0.25) is 4.79 Å². The molecule has 1 saturated carbocycles. The molecule has 1 heterocycles. The van der Waals surface area contributed by atoms with Crippen molar-refractivity contribution in [1.82, 2.24) is 4.98 Å². The van der Waals surface area contributed by atoms with E-state index in [-0.39, 0.29) is 12.1 Å². The molecule has 5 nitrogen and oxygen atoms in total. The van der Waals surface area contributed by atoms with E-state index in [2.05, 4.69) is 4.98 Å². The summed E-state index contributed by atoms with van der Waals surface area (Å²) in [5.41, 5.74) is 12.5. The number of ether oxygens (including phenoxy) is 1. The fraction of sp³-hybridized carbons (Fsp3) is 0.571. The molecule has 0 aromatic carbocycles. The fourth-order valence-electron chi connectivity index (χ4n) is 2.44. The van der Waals surface area contributed by atoms with Gasteiger partial charge in [0.1, 0.15) is 6.10 Å². The maximum atomic E-state index is 11.2. The van der Waals surface area contributed by atoms with Crippen LogP contribution in [0.5, 0.6) is 5.88 Å². The summed E-state index contributed by atoms with van der Waals surface area (Å²) in [4.78, 5) is 15.5. The number of aromatic nitrogens is 1. The molecule has 1 amide bonds. The third-order valence-electron chi connectivity index (χ3n) is 3.49. The van der Waals surface area contributed by atoms with Crippen LogP contribution in [0.2, 0.25) is 0 Å². The van der Waals surface area contributed by atoms with Gasteiger partial charge in [-0.05, 0) is 32.3 Å². The van der Waals surface area contributed by atoms with Crippen LogP contribution in [-0.2, 0) is 0 Å². The molecule has 2 atom stereocenters. The summed E-state index contributed by atoms with van der Waals surface area (Å²) < 4.78 is 5.88. The van der Waals surface area contributed by atoms with Crippen molar-refractivity contribution in [3.05, 3.63) is 23.4 Å². The molecule has 1 aromatic rings. The smallest absolute Gasteiger partial charge is 0.248 e. The Labute approximate surface area is 113 Å². The number of carbonyl (C=O) groups is 1. The largest absolute Gasteiger partial charge is 0.473 e. The molecule has 0 radical (unpaired) electrons. The van der Waals surface area contributed by atoms with Crippen molar-refractivity contribution in [2.75, 3.05) is 0 Å². The minimum absolute atomic E-state index is 0.0295. The Balaban J connectivity index is 2.15. The molecule has 0 bridgehead atoms. The monoisotopic (exact) mass is 263 g/mol. The van der Waals surface area contributed by atoms with Crippen LogP contribution in [0, 0.1) is 6.92 Å². The number of nitrogens with two attached hydrogens (primary N) is 2. The minimum atomic E-state index is -0.472. The van der Waals surface area contributed by atoms with Crippen LogP contribution >= 0.6 is 0 Å². The van der Waals surface area contributed by atoms with E-state index in [1.54, 1.807) is 12.1 Å². The van der Waals surface area contributed by atoms with E-state index in [1.165, 1.54) is 6.42 Å². The summed E-state index contributed by atoms with van der Waals surface area (Å²) in [5, 5.41) is 0. The van der Waals surface area contributed by atoms with Gasteiger partial charge >= 0.3 is 0 Å². The maximum absolute atomic E-state index is 11.2. The highest BCUT2D eigenvalue weighted by atomic mass is 16.5. The summed E-state index contributed by atoms with van der Waals surface area (Å²) in [6, 6.07) is 3.27. The number of rotatable bonds is 3. The van der Waals surface area contributed by atoms with Crippen LogP contribution < -0.4 is 16.2 Å². The van der Waals surface area contributed by atoms with Crippen LogP contribution in [0.4, 0.5) is 0 Å². The van der Waals surface area contributed by atoms with Crippen LogP contribution in [0.3, 0.4) is 0 Å². The number of aryl methyl sites for hydroxylation is 1. The van der Waals surface area contributed by atoms with Crippen LogP contribution in [0.15, 0.2) is 12.1 Å². The first-order chi connectivity index (χ1) is 9.06. The molecular weight excluding hydrogens is 242 g/mol. The zero-order valence-electron chi connectivity index (χ0n) is 11.3. The molecule has 2 rings (SSSR count). The van der Waals surface area contributed by atoms with Crippen molar-refractivity contribution in [3.8, 4) is 5.88 Å². The van der Waals surface area contributed by atoms with E-state index >= 15 is 0 Å². The standard InChI is InChI=1S/C14H21N3O2/c1-9-7-10(14(16)18)8-13(17-9)19-12-6-4-2-3-5-11(12)15/h7-8,11-12H,2-6,15H2,1H3,(H2,16,18). The second-order valence-electron chi connectivity index (χ2n) is 5.16. The molecule has 2 unspecified atom stereocenters. The summed E-state index contributed by atoms with van der Waals surface area (Å²) in [7, 11) is 0. The molecular formula is C14H21N3O2. The average Bonchev–Trinajstić information content (AvgIpc) is 2.54. The first-order valence-electron chi connectivity index (χ1n) is 6.77. The zero-order chi connectivity index (χ0) is 13.8. The Hall–Kier alpha value is -1.62. The third-order valence-corrected chi connectivity index (χ3v) is 3.49. The highest BCUT2D eigenvalue weighted by Crippen LogP contribution is 2.22. The predicted molar refractivity (Wildman–Crippen MR) is 73.0 cm³/mol. The van der Waals surface area contributed by atoms with Crippen LogP contribution in [0.1, 0.15) is 48.2 Å². The summed E-state index contributed by atoms with van der Waals surface area (Å²) in [6.07, 6.45) is 5.34. The summed E-state index contributed by atoms with van der Waals surface area (Å²) in [6.45, 7) is 1.81. The number of amides is 1. The molecule has 4 N–H and O–H groups in total. The van der Waals surface area contributed by atoms with Crippen molar-refractivity contribution >= 4 is 5.91 Å². The van der Waals surface area contributed by atoms with Crippen molar-refractivity contribution in [1.29, 1.82) is 0 Å². The molecule has 1 fully saturated rings. The molecule has 0 spiro atoms. The number of hydrogen-bond donors (Lipinski definition) is 2. The van der Waals surface area contributed by atoms with E-state index < -0.39 is 5.91 Å². The molecule has 1 aromatic heterocycles. The first kappa shape index (κ1) is 13.8. The molecule has 0 saturated heterocycles. The average molecular weight is 263 g/mol. The quantitative estimate of drug-likeness (QED) is 0.809. The van der Waals surface area contributed by atoms with Crippen molar-refractivity contribution < 1.29 is 9.53 Å².